The highest BCUT2D eigenvalue weighted by atomic mass is 79.9. The van der Waals surface area contributed by atoms with Gasteiger partial charge in [0, 0.05) is 11.8 Å². The van der Waals surface area contributed by atoms with Crippen molar-refractivity contribution in [2.45, 2.75) is 39.8 Å². The molecule has 0 bridgehead atoms. The molecule has 0 atom stereocenters. The summed E-state index contributed by atoms with van der Waals surface area (Å²) in [5.41, 5.74) is 0.0270. The van der Waals surface area contributed by atoms with Gasteiger partial charge in [0.15, 0.2) is 0 Å². The van der Waals surface area contributed by atoms with Gasteiger partial charge in [0.1, 0.15) is 23.1 Å². The number of nitro benzene ring substituents is 1. The lowest BCUT2D eigenvalue weighted by Gasteiger charge is -2.28. The molecule has 0 aliphatic rings. The maximum atomic E-state index is 13.3. The number of ether oxygens (including phenoxy) is 2. The van der Waals surface area contributed by atoms with Crippen molar-refractivity contribution >= 4 is 39.4 Å². The van der Waals surface area contributed by atoms with Crippen LogP contribution in [0.5, 0.6) is 0 Å². The van der Waals surface area contributed by atoms with Crippen LogP contribution in [0.15, 0.2) is 59.2 Å². The van der Waals surface area contributed by atoms with Crippen molar-refractivity contribution in [3.63, 3.8) is 0 Å². The Bertz CT molecular complexity index is 1370. The summed E-state index contributed by atoms with van der Waals surface area (Å²) in [5, 5.41) is 21.3. The SMILES string of the molecule is CCOC(=O)c1cccc([N+](=O)[O-])c1N(Cc1ccc(-n2c(Br)ccc2C#N)cc1)C(=O)OC(C)(C)C. The normalized spacial score (nSPS) is 10.9. The van der Waals surface area contributed by atoms with Gasteiger partial charge in [-0.25, -0.2) is 9.59 Å². The van der Waals surface area contributed by atoms with E-state index in [0.29, 0.717) is 21.5 Å². The van der Waals surface area contributed by atoms with E-state index < -0.39 is 28.3 Å². The predicted molar refractivity (Wildman–Crippen MR) is 140 cm³/mol. The van der Waals surface area contributed by atoms with Crippen molar-refractivity contribution in [2.75, 3.05) is 11.5 Å². The van der Waals surface area contributed by atoms with Crippen LogP contribution in [0.4, 0.5) is 16.2 Å². The molecule has 0 radical (unpaired) electrons. The number of halogens is 1. The van der Waals surface area contributed by atoms with Gasteiger partial charge in [-0.05, 0) is 79.5 Å². The third-order valence-electron chi connectivity index (χ3n) is 5.07. The summed E-state index contributed by atoms with van der Waals surface area (Å²) in [4.78, 5) is 38.4. The molecule has 0 aliphatic heterocycles. The zero-order valence-electron chi connectivity index (χ0n) is 20.7. The fourth-order valence-electron chi connectivity index (χ4n) is 3.58. The molecule has 192 valence electrons. The standard InChI is InChI=1S/C26H25BrN4O6/c1-5-36-24(32)20-7-6-8-21(31(34)35)23(20)29(25(33)37-26(2,3)4)16-17-9-11-18(12-10-17)30-19(15-28)13-14-22(30)27/h6-14H,5,16H2,1-4H3. The predicted octanol–water partition coefficient (Wildman–Crippen LogP) is 6.14. The molecule has 1 aromatic heterocycles. The average Bonchev–Trinajstić information content (AvgIpc) is 3.21. The van der Waals surface area contributed by atoms with E-state index in [2.05, 4.69) is 22.0 Å². The van der Waals surface area contributed by atoms with Crippen LogP contribution in [-0.2, 0) is 16.0 Å². The van der Waals surface area contributed by atoms with Crippen LogP contribution < -0.4 is 4.90 Å². The first-order valence-electron chi connectivity index (χ1n) is 11.3. The van der Waals surface area contributed by atoms with Gasteiger partial charge in [-0.15, -0.1) is 0 Å². The first kappa shape index (κ1) is 27.4. The molecule has 0 N–H and O–H groups in total. The first-order chi connectivity index (χ1) is 17.5. The van der Waals surface area contributed by atoms with E-state index in [1.165, 1.54) is 18.2 Å². The number of nitrogens with zero attached hydrogens (tertiary/aromatic N) is 4. The summed E-state index contributed by atoms with van der Waals surface area (Å²) in [5.74, 6) is -0.799. The maximum absolute atomic E-state index is 13.3. The minimum absolute atomic E-state index is 0.0501. The van der Waals surface area contributed by atoms with E-state index in [-0.39, 0.29) is 24.4 Å². The Morgan fingerprint density at radius 3 is 2.38 bits per heavy atom. The Morgan fingerprint density at radius 2 is 1.81 bits per heavy atom. The number of benzene rings is 2. The van der Waals surface area contributed by atoms with E-state index in [1.54, 1.807) is 68.7 Å². The van der Waals surface area contributed by atoms with Gasteiger partial charge in [0.25, 0.3) is 5.69 Å². The number of nitro groups is 1. The molecule has 3 aromatic rings. The van der Waals surface area contributed by atoms with Crippen LogP contribution >= 0.6 is 15.9 Å². The maximum Gasteiger partial charge on any atom is 0.415 e. The van der Waals surface area contributed by atoms with Crippen molar-refractivity contribution in [1.29, 1.82) is 5.26 Å². The minimum Gasteiger partial charge on any atom is -0.462 e. The number of hydrogen-bond acceptors (Lipinski definition) is 7. The quantitative estimate of drug-likeness (QED) is 0.190. The van der Waals surface area contributed by atoms with Gasteiger partial charge < -0.3 is 9.47 Å². The number of rotatable bonds is 7. The molecule has 11 heteroatoms. The van der Waals surface area contributed by atoms with Crippen LogP contribution in [-0.4, -0.2) is 33.8 Å². The van der Waals surface area contributed by atoms with E-state index in [1.807, 2.05) is 0 Å². The summed E-state index contributed by atoms with van der Waals surface area (Å²) in [6.07, 6.45) is -0.864. The topological polar surface area (TPSA) is 128 Å². The highest BCUT2D eigenvalue weighted by Crippen LogP contribution is 2.35. The number of carbonyl (C=O) groups is 2. The summed E-state index contributed by atoms with van der Waals surface area (Å²) < 4.78 is 13.0. The molecule has 0 saturated heterocycles. The molecule has 0 unspecified atom stereocenters. The third kappa shape index (κ3) is 6.34. The number of esters is 1. The summed E-state index contributed by atoms with van der Waals surface area (Å²) in [6.45, 7) is 6.55. The molecule has 0 spiro atoms. The fraction of sp³-hybridized carbons (Fsp3) is 0.269. The molecule has 1 amide bonds. The Hall–Kier alpha value is -4.17. The van der Waals surface area contributed by atoms with Gasteiger partial charge in [0.2, 0.25) is 0 Å². The summed E-state index contributed by atoms with van der Waals surface area (Å²) in [7, 11) is 0. The van der Waals surface area contributed by atoms with E-state index in [9.17, 15) is 25.0 Å². The highest BCUT2D eigenvalue weighted by Gasteiger charge is 2.33. The fourth-order valence-corrected chi connectivity index (χ4v) is 4.11. The van der Waals surface area contributed by atoms with Gasteiger partial charge in [-0.3, -0.25) is 19.6 Å². The number of aromatic nitrogens is 1. The third-order valence-corrected chi connectivity index (χ3v) is 5.69. The van der Waals surface area contributed by atoms with Crippen molar-refractivity contribution < 1.29 is 24.0 Å². The highest BCUT2D eigenvalue weighted by molar-refractivity contribution is 9.10. The monoisotopic (exact) mass is 568 g/mol. The van der Waals surface area contributed by atoms with Crippen molar-refractivity contribution in [2.24, 2.45) is 0 Å². The molecule has 37 heavy (non-hydrogen) atoms. The van der Waals surface area contributed by atoms with Gasteiger partial charge in [-0.1, -0.05) is 18.2 Å². The Morgan fingerprint density at radius 1 is 1.14 bits per heavy atom. The van der Waals surface area contributed by atoms with Crippen molar-refractivity contribution in [1.82, 2.24) is 4.57 Å². The number of para-hydroxylation sites is 1. The Labute approximate surface area is 222 Å². The van der Waals surface area contributed by atoms with Crippen LogP contribution in [0.25, 0.3) is 5.69 Å². The van der Waals surface area contributed by atoms with E-state index >= 15 is 0 Å². The van der Waals surface area contributed by atoms with Gasteiger partial charge in [-0.2, -0.15) is 5.26 Å². The zero-order valence-corrected chi connectivity index (χ0v) is 22.3. The molecule has 0 aliphatic carbocycles. The lowest BCUT2D eigenvalue weighted by atomic mass is 10.1. The van der Waals surface area contributed by atoms with Crippen molar-refractivity contribution in [3.8, 4) is 11.8 Å². The average molecular weight is 569 g/mol. The molecular weight excluding hydrogens is 544 g/mol. The molecule has 10 nitrogen and oxygen atoms in total. The molecule has 2 aromatic carbocycles. The lowest BCUT2D eigenvalue weighted by molar-refractivity contribution is -0.384. The molecule has 3 rings (SSSR count). The number of amides is 1. The van der Waals surface area contributed by atoms with E-state index in [4.69, 9.17) is 9.47 Å². The number of hydrogen-bond donors (Lipinski definition) is 0. The lowest BCUT2D eigenvalue weighted by Crippen LogP contribution is -2.37. The smallest absolute Gasteiger partial charge is 0.415 e. The Balaban J connectivity index is 2.11. The summed E-state index contributed by atoms with van der Waals surface area (Å²) in [6, 6.07) is 16.4. The van der Waals surface area contributed by atoms with Crippen LogP contribution in [0.1, 0.15) is 49.3 Å². The van der Waals surface area contributed by atoms with Crippen LogP contribution in [0.3, 0.4) is 0 Å². The number of nitriles is 1. The van der Waals surface area contributed by atoms with E-state index in [0.717, 1.165) is 4.90 Å². The van der Waals surface area contributed by atoms with Crippen molar-refractivity contribution in [3.05, 3.63) is 86.1 Å². The minimum atomic E-state index is -0.902. The van der Waals surface area contributed by atoms with Crippen LogP contribution in [0.2, 0.25) is 0 Å². The molecular formula is C26H25BrN4O6. The molecule has 0 saturated carbocycles. The summed E-state index contributed by atoms with van der Waals surface area (Å²) >= 11 is 3.42. The number of carbonyl (C=O) groups excluding carboxylic acids is 2. The van der Waals surface area contributed by atoms with Gasteiger partial charge in [0.05, 0.1) is 28.2 Å². The molecule has 1 heterocycles. The second kappa shape index (κ2) is 11.3. The second-order valence-corrected chi connectivity index (χ2v) is 9.68. The zero-order chi connectivity index (χ0) is 27.3. The van der Waals surface area contributed by atoms with Gasteiger partial charge >= 0.3 is 12.1 Å². The second-order valence-electron chi connectivity index (χ2n) is 8.87. The number of anilines is 1. The van der Waals surface area contributed by atoms with Crippen LogP contribution in [0, 0.1) is 21.4 Å². The largest absolute Gasteiger partial charge is 0.462 e. The first-order valence-corrected chi connectivity index (χ1v) is 12.1. The molecule has 0 fully saturated rings. The Kier molecular flexibility index (Phi) is 8.35.